The number of nitrogens with one attached hydrogen (secondary N) is 1. The molecular weight excluding hydrogens is 208 g/mol. The topological polar surface area (TPSA) is 78.5 Å². The molecule has 76 valence electrons. The summed E-state index contributed by atoms with van der Waals surface area (Å²) in [5, 5.41) is 9.33. The fraction of sp³-hybridized carbons (Fsp3) is 0.200. The Morgan fingerprint density at radius 1 is 1.60 bits per heavy atom. The number of hydrogen-bond donors (Lipinski definition) is 2. The molecule has 1 heterocycles. The number of nitrogen functional groups attached to an aromatic ring is 1. The van der Waals surface area contributed by atoms with Crippen molar-refractivity contribution in [1.29, 1.82) is 5.26 Å². The Hall–Kier alpha value is -1.67. The summed E-state index contributed by atoms with van der Waals surface area (Å²) in [4.78, 5) is 7.46. The Morgan fingerprint density at radius 2 is 2.40 bits per heavy atom. The first-order chi connectivity index (χ1) is 7.19. The van der Waals surface area contributed by atoms with Gasteiger partial charge in [-0.15, -0.1) is 0 Å². The van der Waals surface area contributed by atoms with E-state index in [9.17, 15) is 0 Å². The normalized spacial score (nSPS) is 12.5. The number of rotatable bonds is 2. The van der Waals surface area contributed by atoms with E-state index in [-0.39, 0.29) is 5.25 Å². The van der Waals surface area contributed by atoms with Gasteiger partial charge >= 0.3 is 0 Å². The van der Waals surface area contributed by atoms with E-state index >= 15 is 0 Å². The molecule has 0 aliphatic rings. The van der Waals surface area contributed by atoms with Crippen LogP contribution in [0, 0.1) is 11.3 Å². The van der Waals surface area contributed by atoms with E-state index in [2.05, 4.69) is 16.0 Å². The van der Waals surface area contributed by atoms with Crippen molar-refractivity contribution in [2.75, 3.05) is 5.73 Å². The van der Waals surface area contributed by atoms with Gasteiger partial charge in [0.25, 0.3) is 0 Å². The molecule has 1 unspecified atom stereocenters. The third-order valence-corrected chi connectivity index (χ3v) is 2.83. The van der Waals surface area contributed by atoms with Crippen LogP contribution in [-0.4, -0.2) is 15.2 Å². The molecule has 4 nitrogen and oxygen atoms in total. The molecule has 0 saturated heterocycles. The van der Waals surface area contributed by atoms with E-state index in [0.29, 0.717) is 5.69 Å². The van der Waals surface area contributed by atoms with Gasteiger partial charge in [0.1, 0.15) is 0 Å². The molecule has 1 aromatic carbocycles. The Bertz CT molecular complexity index is 526. The van der Waals surface area contributed by atoms with Gasteiger partial charge in [0, 0.05) is 5.69 Å². The highest BCUT2D eigenvalue weighted by atomic mass is 32.2. The van der Waals surface area contributed by atoms with Crippen molar-refractivity contribution in [3.8, 4) is 6.07 Å². The Balaban J connectivity index is 2.35. The Morgan fingerprint density at radius 3 is 3.13 bits per heavy atom. The van der Waals surface area contributed by atoms with Crippen molar-refractivity contribution in [3.63, 3.8) is 0 Å². The maximum atomic E-state index is 8.68. The number of nitrogens with two attached hydrogens (primary N) is 1. The molecule has 0 saturated carbocycles. The molecule has 0 aliphatic heterocycles. The number of thioether (sulfide) groups is 1. The van der Waals surface area contributed by atoms with E-state index in [1.165, 1.54) is 11.8 Å². The van der Waals surface area contributed by atoms with Gasteiger partial charge in [-0.2, -0.15) is 5.26 Å². The molecule has 1 aromatic heterocycles. The predicted octanol–water partition coefficient (Wildman–Crippen LogP) is 2.15. The molecule has 1 atom stereocenters. The number of fused-ring (bicyclic) bond motifs is 1. The monoisotopic (exact) mass is 218 g/mol. The fourth-order valence-electron chi connectivity index (χ4n) is 1.25. The molecule has 15 heavy (non-hydrogen) atoms. The third kappa shape index (κ3) is 2.05. The summed E-state index contributed by atoms with van der Waals surface area (Å²) in [6.45, 7) is 1.84. The molecule has 3 N–H and O–H groups in total. The molecule has 5 heteroatoms. The summed E-state index contributed by atoms with van der Waals surface area (Å²) in [6.07, 6.45) is 0. The zero-order valence-electron chi connectivity index (χ0n) is 8.19. The highest BCUT2D eigenvalue weighted by Gasteiger charge is 2.07. The van der Waals surface area contributed by atoms with Gasteiger partial charge in [-0.1, -0.05) is 11.8 Å². The van der Waals surface area contributed by atoms with Gasteiger partial charge in [-0.3, -0.25) is 0 Å². The number of aromatic nitrogens is 2. The first kappa shape index (κ1) is 9.87. The van der Waals surface area contributed by atoms with Crippen molar-refractivity contribution >= 4 is 28.5 Å². The summed E-state index contributed by atoms with van der Waals surface area (Å²) < 4.78 is 0. The number of nitrogens with zero attached hydrogens (tertiary/aromatic N) is 2. The lowest BCUT2D eigenvalue weighted by Crippen LogP contribution is -1.89. The highest BCUT2D eigenvalue weighted by Crippen LogP contribution is 2.23. The Kier molecular flexibility index (Phi) is 2.52. The quantitative estimate of drug-likeness (QED) is 0.598. The van der Waals surface area contributed by atoms with E-state index < -0.39 is 0 Å². The average molecular weight is 218 g/mol. The predicted molar refractivity (Wildman–Crippen MR) is 61.4 cm³/mol. The van der Waals surface area contributed by atoms with Gasteiger partial charge in [0.15, 0.2) is 5.16 Å². The molecule has 2 rings (SSSR count). The van der Waals surface area contributed by atoms with Gasteiger partial charge < -0.3 is 10.7 Å². The lowest BCUT2D eigenvalue weighted by Gasteiger charge is -1.95. The number of benzene rings is 1. The van der Waals surface area contributed by atoms with Crippen LogP contribution >= 0.6 is 11.8 Å². The molecule has 0 spiro atoms. The number of H-pyrrole nitrogens is 1. The van der Waals surface area contributed by atoms with Crippen molar-refractivity contribution in [2.24, 2.45) is 0 Å². The average Bonchev–Trinajstić information content (AvgIpc) is 2.59. The van der Waals surface area contributed by atoms with Crippen molar-refractivity contribution in [3.05, 3.63) is 18.2 Å². The molecule has 2 aromatic rings. The van der Waals surface area contributed by atoms with E-state index in [4.69, 9.17) is 11.0 Å². The first-order valence-corrected chi connectivity index (χ1v) is 5.38. The summed E-state index contributed by atoms with van der Waals surface area (Å²) >= 11 is 1.41. The standard InChI is InChI=1S/C10H10N4S/c1-6(5-11)15-10-13-8-3-2-7(12)4-9(8)14-10/h2-4,6H,12H2,1H3,(H,13,14). The van der Waals surface area contributed by atoms with Crippen LogP contribution in [0.3, 0.4) is 0 Å². The third-order valence-electron chi connectivity index (χ3n) is 1.95. The number of hydrogen-bond acceptors (Lipinski definition) is 4. The van der Waals surface area contributed by atoms with E-state index in [0.717, 1.165) is 16.2 Å². The second kappa shape index (κ2) is 3.83. The minimum Gasteiger partial charge on any atom is -0.399 e. The van der Waals surface area contributed by atoms with Gasteiger partial charge in [0.2, 0.25) is 0 Å². The van der Waals surface area contributed by atoms with Gasteiger partial charge in [-0.25, -0.2) is 4.98 Å². The van der Waals surface area contributed by atoms with Crippen LogP contribution in [0.25, 0.3) is 11.0 Å². The minimum absolute atomic E-state index is 0.108. The van der Waals surface area contributed by atoms with Crippen molar-refractivity contribution < 1.29 is 0 Å². The number of nitriles is 1. The summed E-state index contributed by atoms with van der Waals surface area (Å²) in [5.74, 6) is 0. The van der Waals surface area contributed by atoms with E-state index in [1.54, 1.807) is 0 Å². The van der Waals surface area contributed by atoms with Crippen LogP contribution in [0.2, 0.25) is 0 Å². The summed E-state index contributed by atoms with van der Waals surface area (Å²) in [6, 6.07) is 7.66. The highest BCUT2D eigenvalue weighted by molar-refractivity contribution is 8.00. The minimum atomic E-state index is -0.108. The van der Waals surface area contributed by atoms with Crippen LogP contribution in [0.4, 0.5) is 5.69 Å². The van der Waals surface area contributed by atoms with Crippen molar-refractivity contribution in [1.82, 2.24) is 9.97 Å². The zero-order valence-corrected chi connectivity index (χ0v) is 9.01. The smallest absolute Gasteiger partial charge is 0.167 e. The maximum Gasteiger partial charge on any atom is 0.167 e. The summed E-state index contributed by atoms with van der Waals surface area (Å²) in [5.41, 5.74) is 8.14. The first-order valence-electron chi connectivity index (χ1n) is 4.50. The number of anilines is 1. The van der Waals surface area contributed by atoms with Crippen molar-refractivity contribution in [2.45, 2.75) is 17.3 Å². The van der Waals surface area contributed by atoms with Crippen LogP contribution < -0.4 is 5.73 Å². The number of aromatic amines is 1. The van der Waals surface area contributed by atoms with Gasteiger partial charge in [-0.05, 0) is 25.1 Å². The molecule has 0 aliphatic carbocycles. The lowest BCUT2D eigenvalue weighted by atomic mass is 10.3. The van der Waals surface area contributed by atoms with Gasteiger partial charge in [0.05, 0.1) is 22.4 Å². The molecular formula is C10H10N4S. The number of imidazole rings is 1. The maximum absolute atomic E-state index is 8.68. The molecule has 0 bridgehead atoms. The fourth-order valence-corrected chi connectivity index (χ4v) is 1.96. The largest absolute Gasteiger partial charge is 0.399 e. The summed E-state index contributed by atoms with van der Waals surface area (Å²) in [7, 11) is 0. The van der Waals surface area contributed by atoms with Crippen LogP contribution in [0.1, 0.15) is 6.92 Å². The Labute approximate surface area is 91.5 Å². The molecule has 0 amide bonds. The molecule has 0 radical (unpaired) electrons. The second-order valence-corrected chi connectivity index (χ2v) is 4.54. The second-order valence-electron chi connectivity index (χ2n) is 3.21. The van der Waals surface area contributed by atoms with Crippen LogP contribution in [-0.2, 0) is 0 Å². The van der Waals surface area contributed by atoms with Crippen LogP contribution in [0.15, 0.2) is 23.4 Å². The van der Waals surface area contributed by atoms with Crippen LogP contribution in [0.5, 0.6) is 0 Å². The lowest BCUT2D eigenvalue weighted by molar-refractivity contribution is 1.07. The van der Waals surface area contributed by atoms with E-state index in [1.807, 2.05) is 25.1 Å². The molecule has 0 fully saturated rings. The SMILES string of the molecule is CC(C#N)Sc1nc2ccc(N)cc2[nH]1. The zero-order chi connectivity index (χ0) is 10.8.